The van der Waals surface area contributed by atoms with Crippen LogP contribution in [0.2, 0.25) is 0 Å². The second-order valence-corrected chi connectivity index (χ2v) is 7.06. The molecule has 1 N–H and O–H groups in total. The van der Waals surface area contributed by atoms with Gasteiger partial charge in [-0.05, 0) is 60.2 Å². The molecule has 3 aromatic rings. The molecule has 5 heteroatoms. The standard InChI is InChI=1S/C22H23N3O2/c26-21-8-6-18(7-9-21)19-10-14-24(15-11-19)22(27)20-4-2-17(3-5-20)16-25-13-1-12-23-25/h1-9,12-13,19,26H,10-11,14-16H2. The van der Waals surface area contributed by atoms with Crippen molar-refractivity contribution in [1.29, 1.82) is 0 Å². The van der Waals surface area contributed by atoms with E-state index in [0.717, 1.165) is 37.1 Å². The molecule has 1 aliphatic heterocycles. The number of hydrogen-bond donors (Lipinski definition) is 1. The first-order chi connectivity index (χ1) is 13.2. The van der Waals surface area contributed by atoms with E-state index in [4.69, 9.17) is 0 Å². The number of amides is 1. The van der Waals surface area contributed by atoms with Crippen LogP contribution >= 0.6 is 0 Å². The van der Waals surface area contributed by atoms with Gasteiger partial charge in [0.15, 0.2) is 0 Å². The number of nitrogens with zero attached hydrogens (tertiary/aromatic N) is 3. The van der Waals surface area contributed by atoms with Crippen LogP contribution in [0.3, 0.4) is 0 Å². The van der Waals surface area contributed by atoms with E-state index in [2.05, 4.69) is 5.10 Å². The Morgan fingerprint density at radius 3 is 2.37 bits per heavy atom. The van der Waals surface area contributed by atoms with E-state index in [1.165, 1.54) is 5.56 Å². The van der Waals surface area contributed by atoms with Gasteiger partial charge in [-0.2, -0.15) is 5.10 Å². The monoisotopic (exact) mass is 361 g/mol. The minimum Gasteiger partial charge on any atom is -0.508 e. The Bertz CT molecular complexity index is 878. The first kappa shape index (κ1) is 17.3. The highest BCUT2D eigenvalue weighted by molar-refractivity contribution is 5.94. The number of phenolic OH excluding ortho intramolecular Hbond substituents is 1. The molecule has 2 aromatic carbocycles. The smallest absolute Gasteiger partial charge is 0.253 e. The van der Waals surface area contributed by atoms with Gasteiger partial charge in [-0.1, -0.05) is 24.3 Å². The molecular weight excluding hydrogens is 338 g/mol. The van der Waals surface area contributed by atoms with Gasteiger partial charge in [0.1, 0.15) is 5.75 Å². The molecule has 0 saturated carbocycles. The molecule has 1 aliphatic rings. The maximum Gasteiger partial charge on any atom is 0.253 e. The van der Waals surface area contributed by atoms with E-state index in [1.54, 1.807) is 18.3 Å². The van der Waals surface area contributed by atoms with Crippen molar-refractivity contribution in [3.63, 3.8) is 0 Å². The number of carbonyl (C=O) groups is 1. The van der Waals surface area contributed by atoms with Gasteiger partial charge in [0.05, 0.1) is 6.54 Å². The molecule has 0 spiro atoms. The van der Waals surface area contributed by atoms with Crippen LogP contribution in [-0.4, -0.2) is 38.8 Å². The predicted molar refractivity (Wildman–Crippen MR) is 104 cm³/mol. The summed E-state index contributed by atoms with van der Waals surface area (Å²) in [5, 5.41) is 13.6. The zero-order valence-electron chi connectivity index (χ0n) is 15.2. The van der Waals surface area contributed by atoms with Crippen molar-refractivity contribution >= 4 is 5.91 Å². The van der Waals surface area contributed by atoms with Gasteiger partial charge >= 0.3 is 0 Å². The molecule has 5 nitrogen and oxygen atoms in total. The fraction of sp³-hybridized carbons (Fsp3) is 0.273. The van der Waals surface area contributed by atoms with E-state index < -0.39 is 0 Å². The maximum atomic E-state index is 12.8. The summed E-state index contributed by atoms with van der Waals surface area (Å²) in [6.45, 7) is 2.23. The Morgan fingerprint density at radius 1 is 1.04 bits per heavy atom. The molecule has 0 aliphatic carbocycles. The van der Waals surface area contributed by atoms with E-state index in [1.807, 2.05) is 58.2 Å². The van der Waals surface area contributed by atoms with Crippen molar-refractivity contribution in [3.05, 3.63) is 83.7 Å². The lowest BCUT2D eigenvalue weighted by atomic mass is 9.89. The number of likely N-dealkylation sites (tertiary alicyclic amines) is 1. The molecule has 1 fully saturated rings. The number of piperidine rings is 1. The maximum absolute atomic E-state index is 12.8. The van der Waals surface area contributed by atoms with E-state index in [0.29, 0.717) is 18.2 Å². The lowest BCUT2D eigenvalue weighted by Crippen LogP contribution is -2.37. The summed E-state index contributed by atoms with van der Waals surface area (Å²) >= 11 is 0. The van der Waals surface area contributed by atoms with Crippen molar-refractivity contribution in [3.8, 4) is 5.75 Å². The van der Waals surface area contributed by atoms with Gasteiger partial charge < -0.3 is 10.0 Å². The summed E-state index contributed by atoms with van der Waals surface area (Å²) in [6.07, 6.45) is 5.60. The van der Waals surface area contributed by atoms with Gasteiger partial charge in [0.2, 0.25) is 0 Å². The van der Waals surface area contributed by atoms with Crippen LogP contribution in [0.15, 0.2) is 67.0 Å². The Labute approximate surface area is 158 Å². The van der Waals surface area contributed by atoms with Crippen LogP contribution in [-0.2, 0) is 6.54 Å². The molecule has 1 amide bonds. The molecule has 1 aromatic heterocycles. The van der Waals surface area contributed by atoms with Gasteiger partial charge in [0, 0.05) is 31.0 Å². The highest BCUT2D eigenvalue weighted by Crippen LogP contribution is 2.29. The third-order valence-electron chi connectivity index (χ3n) is 5.25. The number of aromatic nitrogens is 2. The van der Waals surface area contributed by atoms with E-state index >= 15 is 0 Å². The zero-order chi connectivity index (χ0) is 18.6. The molecule has 2 heterocycles. The van der Waals surface area contributed by atoms with E-state index in [9.17, 15) is 9.90 Å². The first-order valence-electron chi connectivity index (χ1n) is 9.33. The van der Waals surface area contributed by atoms with Crippen molar-refractivity contribution in [2.45, 2.75) is 25.3 Å². The zero-order valence-corrected chi connectivity index (χ0v) is 15.2. The van der Waals surface area contributed by atoms with E-state index in [-0.39, 0.29) is 5.91 Å². The van der Waals surface area contributed by atoms with Crippen LogP contribution in [0.4, 0.5) is 0 Å². The summed E-state index contributed by atoms with van der Waals surface area (Å²) in [5.74, 6) is 0.846. The van der Waals surface area contributed by atoms with Crippen LogP contribution in [0.25, 0.3) is 0 Å². The highest BCUT2D eigenvalue weighted by Gasteiger charge is 2.24. The number of aromatic hydroxyl groups is 1. The first-order valence-corrected chi connectivity index (χ1v) is 9.33. The fourth-order valence-corrected chi connectivity index (χ4v) is 3.68. The number of phenols is 1. The number of hydrogen-bond acceptors (Lipinski definition) is 3. The summed E-state index contributed by atoms with van der Waals surface area (Å²) in [4.78, 5) is 14.7. The number of carbonyl (C=O) groups excluding carboxylic acids is 1. The second-order valence-electron chi connectivity index (χ2n) is 7.06. The Hall–Kier alpha value is -3.08. The Balaban J connectivity index is 1.35. The molecule has 4 rings (SSSR count). The average molecular weight is 361 g/mol. The fourth-order valence-electron chi connectivity index (χ4n) is 3.68. The summed E-state index contributed by atoms with van der Waals surface area (Å²) < 4.78 is 1.87. The molecule has 27 heavy (non-hydrogen) atoms. The van der Waals surface area contributed by atoms with Crippen LogP contribution in [0, 0.1) is 0 Å². The third-order valence-corrected chi connectivity index (χ3v) is 5.25. The van der Waals surface area contributed by atoms with Gasteiger partial charge in [-0.3, -0.25) is 9.48 Å². The second kappa shape index (κ2) is 7.66. The molecule has 0 bridgehead atoms. The van der Waals surface area contributed by atoms with Crippen LogP contribution in [0.1, 0.15) is 40.2 Å². The number of rotatable bonds is 4. The molecule has 1 saturated heterocycles. The van der Waals surface area contributed by atoms with Gasteiger partial charge in [-0.25, -0.2) is 0 Å². The minimum absolute atomic E-state index is 0.102. The normalized spacial score (nSPS) is 15.0. The van der Waals surface area contributed by atoms with Gasteiger partial charge in [0.25, 0.3) is 5.91 Å². The van der Waals surface area contributed by atoms with Crippen LogP contribution in [0.5, 0.6) is 5.75 Å². The average Bonchev–Trinajstić information content (AvgIpc) is 3.22. The Morgan fingerprint density at radius 2 is 1.74 bits per heavy atom. The molecular formula is C22H23N3O2. The molecule has 0 unspecified atom stereocenters. The summed E-state index contributed by atoms with van der Waals surface area (Å²) in [7, 11) is 0. The summed E-state index contributed by atoms with van der Waals surface area (Å²) in [6, 6.07) is 17.2. The van der Waals surface area contributed by atoms with Crippen LogP contribution < -0.4 is 0 Å². The molecule has 0 radical (unpaired) electrons. The van der Waals surface area contributed by atoms with Gasteiger partial charge in [-0.15, -0.1) is 0 Å². The third kappa shape index (κ3) is 4.03. The highest BCUT2D eigenvalue weighted by atomic mass is 16.3. The number of benzene rings is 2. The van der Waals surface area contributed by atoms with Crippen molar-refractivity contribution < 1.29 is 9.90 Å². The topological polar surface area (TPSA) is 58.4 Å². The van der Waals surface area contributed by atoms with Crippen molar-refractivity contribution in [2.24, 2.45) is 0 Å². The largest absolute Gasteiger partial charge is 0.508 e. The lowest BCUT2D eigenvalue weighted by molar-refractivity contribution is 0.0713. The van der Waals surface area contributed by atoms with Crippen molar-refractivity contribution in [1.82, 2.24) is 14.7 Å². The minimum atomic E-state index is 0.102. The SMILES string of the molecule is O=C(c1ccc(Cn2cccn2)cc1)N1CCC(c2ccc(O)cc2)CC1. The predicted octanol–water partition coefficient (Wildman–Crippen LogP) is 3.66. The quantitative estimate of drug-likeness (QED) is 0.772. The van der Waals surface area contributed by atoms with Crippen molar-refractivity contribution in [2.75, 3.05) is 13.1 Å². The lowest BCUT2D eigenvalue weighted by Gasteiger charge is -2.32. The summed E-state index contributed by atoms with van der Waals surface area (Å²) in [5.41, 5.74) is 3.10. The Kier molecular flexibility index (Phi) is 4.92. The molecule has 138 valence electrons. The molecule has 0 atom stereocenters.